The fourth-order valence-corrected chi connectivity index (χ4v) is 3.23. The maximum Gasteiger partial charge on any atom is 0.123 e. The Hall–Kier alpha value is -0.890. The molecule has 1 aromatic rings. The van der Waals surface area contributed by atoms with Gasteiger partial charge in [0.05, 0.1) is 0 Å². The summed E-state index contributed by atoms with van der Waals surface area (Å²) in [6, 6.07) is 6.98. The van der Waals surface area contributed by atoms with Crippen molar-refractivity contribution in [3.63, 3.8) is 0 Å². The van der Waals surface area contributed by atoms with Crippen LogP contribution in [0.2, 0.25) is 0 Å². The Kier molecular flexibility index (Phi) is 4.39. The van der Waals surface area contributed by atoms with Gasteiger partial charge in [-0.1, -0.05) is 25.5 Å². The molecule has 0 unspecified atom stereocenters. The van der Waals surface area contributed by atoms with Crippen molar-refractivity contribution in [2.45, 2.75) is 45.4 Å². The average molecular weight is 249 g/mol. The van der Waals surface area contributed by atoms with Crippen LogP contribution >= 0.6 is 0 Å². The molecule has 1 aliphatic carbocycles. The monoisotopic (exact) mass is 249 g/mol. The van der Waals surface area contributed by atoms with Crippen LogP contribution in [0.15, 0.2) is 24.3 Å². The fourth-order valence-electron chi connectivity index (χ4n) is 3.23. The lowest BCUT2D eigenvalue weighted by molar-refractivity contribution is 0.153. The second-order valence-corrected chi connectivity index (χ2v) is 5.86. The van der Waals surface area contributed by atoms with E-state index in [0.717, 1.165) is 24.4 Å². The topological polar surface area (TPSA) is 26.0 Å². The van der Waals surface area contributed by atoms with E-state index in [9.17, 15) is 4.39 Å². The van der Waals surface area contributed by atoms with Gasteiger partial charge in [-0.25, -0.2) is 4.39 Å². The minimum atomic E-state index is -0.137. The summed E-state index contributed by atoms with van der Waals surface area (Å²) < 4.78 is 13.2. The molecule has 0 bridgehead atoms. The minimum absolute atomic E-state index is 0.137. The third kappa shape index (κ3) is 3.11. The van der Waals surface area contributed by atoms with E-state index in [1.165, 1.54) is 38.2 Å². The summed E-state index contributed by atoms with van der Waals surface area (Å²) in [5.74, 6) is 0.735. The zero-order valence-electron chi connectivity index (χ0n) is 11.3. The first kappa shape index (κ1) is 13.5. The van der Waals surface area contributed by atoms with Crippen molar-refractivity contribution in [2.24, 2.45) is 17.1 Å². The van der Waals surface area contributed by atoms with Gasteiger partial charge in [0.2, 0.25) is 0 Å². The summed E-state index contributed by atoms with van der Waals surface area (Å²) >= 11 is 0. The number of halogens is 1. The Bertz CT molecular complexity index is 380. The largest absolute Gasteiger partial charge is 0.330 e. The predicted molar refractivity (Wildman–Crippen MR) is 73.8 cm³/mol. The normalized spacial score (nSPS) is 28.3. The lowest BCUT2D eigenvalue weighted by Crippen LogP contribution is -2.36. The first-order valence-electron chi connectivity index (χ1n) is 7.12. The van der Waals surface area contributed by atoms with E-state index in [4.69, 9.17) is 5.73 Å². The van der Waals surface area contributed by atoms with Crippen LogP contribution in [0.25, 0.3) is 0 Å². The first-order valence-corrected chi connectivity index (χ1v) is 7.12. The molecular formula is C16H24FN. The van der Waals surface area contributed by atoms with Gasteiger partial charge in [0.15, 0.2) is 0 Å². The highest BCUT2D eigenvalue weighted by atomic mass is 19.1. The maximum atomic E-state index is 13.2. The third-order valence-corrected chi connectivity index (χ3v) is 4.64. The van der Waals surface area contributed by atoms with E-state index in [2.05, 4.69) is 6.92 Å². The highest BCUT2D eigenvalue weighted by molar-refractivity contribution is 5.18. The molecule has 1 aromatic carbocycles. The SMILES string of the molecule is CCC1CCC(CN)(Cc2cccc(F)c2)CC1. The molecular weight excluding hydrogens is 225 g/mol. The van der Waals surface area contributed by atoms with E-state index < -0.39 is 0 Å². The van der Waals surface area contributed by atoms with Crippen molar-refractivity contribution in [1.29, 1.82) is 0 Å². The lowest BCUT2D eigenvalue weighted by atomic mass is 9.67. The van der Waals surface area contributed by atoms with Crippen LogP contribution in [0.4, 0.5) is 4.39 Å². The van der Waals surface area contributed by atoms with Gasteiger partial charge >= 0.3 is 0 Å². The van der Waals surface area contributed by atoms with E-state index in [1.807, 2.05) is 6.07 Å². The second-order valence-electron chi connectivity index (χ2n) is 5.86. The number of rotatable bonds is 4. The number of nitrogens with two attached hydrogens (primary N) is 1. The molecule has 2 heteroatoms. The summed E-state index contributed by atoms with van der Waals surface area (Å²) in [5.41, 5.74) is 7.32. The molecule has 2 rings (SSSR count). The van der Waals surface area contributed by atoms with Crippen LogP contribution in [0.1, 0.15) is 44.6 Å². The molecule has 1 nitrogen and oxygen atoms in total. The van der Waals surface area contributed by atoms with Gasteiger partial charge in [0.25, 0.3) is 0 Å². The van der Waals surface area contributed by atoms with Gasteiger partial charge in [0, 0.05) is 0 Å². The molecule has 1 fully saturated rings. The number of hydrogen-bond acceptors (Lipinski definition) is 1. The molecule has 1 aliphatic rings. The summed E-state index contributed by atoms with van der Waals surface area (Å²) in [6.45, 7) is 2.99. The van der Waals surface area contributed by atoms with Crippen LogP contribution in [-0.2, 0) is 6.42 Å². The van der Waals surface area contributed by atoms with Crippen molar-refractivity contribution < 1.29 is 4.39 Å². The summed E-state index contributed by atoms with van der Waals surface area (Å²) in [7, 11) is 0. The zero-order valence-corrected chi connectivity index (χ0v) is 11.3. The molecule has 0 spiro atoms. The van der Waals surface area contributed by atoms with E-state index in [0.29, 0.717) is 0 Å². The predicted octanol–water partition coefficient (Wildman–Crippen LogP) is 3.91. The van der Waals surface area contributed by atoms with Crippen LogP contribution in [-0.4, -0.2) is 6.54 Å². The molecule has 0 amide bonds. The van der Waals surface area contributed by atoms with Gasteiger partial charge < -0.3 is 5.73 Å². The Labute approximate surface area is 110 Å². The average Bonchev–Trinajstić information content (AvgIpc) is 2.39. The molecule has 1 saturated carbocycles. The lowest BCUT2D eigenvalue weighted by Gasteiger charge is -2.39. The Morgan fingerprint density at radius 1 is 1.33 bits per heavy atom. The summed E-state index contributed by atoms with van der Waals surface area (Å²) in [5, 5.41) is 0. The van der Waals surface area contributed by atoms with Crippen molar-refractivity contribution in [3.05, 3.63) is 35.6 Å². The fraction of sp³-hybridized carbons (Fsp3) is 0.625. The number of benzene rings is 1. The van der Waals surface area contributed by atoms with Crippen LogP contribution in [0.5, 0.6) is 0 Å². The second kappa shape index (κ2) is 5.83. The van der Waals surface area contributed by atoms with E-state index >= 15 is 0 Å². The summed E-state index contributed by atoms with van der Waals surface area (Å²) in [6.07, 6.45) is 7.15. The van der Waals surface area contributed by atoms with E-state index in [-0.39, 0.29) is 11.2 Å². The van der Waals surface area contributed by atoms with Gasteiger partial charge in [-0.3, -0.25) is 0 Å². The van der Waals surface area contributed by atoms with Crippen molar-refractivity contribution in [1.82, 2.24) is 0 Å². The number of hydrogen-bond donors (Lipinski definition) is 1. The molecule has 0 atom stereocenters. The Morgan fingerprint density at radius 2 is 2.06 bits per heavy atom. The van der Waals surface area contributed by atoms with Crippen molar-refractivity contribution in [2.75, 3.05) is 6.54 Å². The molecule has 0 radical (unpaired) electrons. The first-order chi connectivity index (χ1) is 8.67. The quantitative estimate of drug-likeness (QED) is 0.860. The molecule has 0 aromatic heterocycles. The van der Waals surface area contributed by atoms with Crippen LogP contribution < -0.4 is 5.73 Å². The molecule has 2 N–H and O–H groups in total. The van der Waals surface area contributed by atoms with E-state index in [1.54, 1.807) is 12.1 Å². The third-order valence-electron chi connectivity index (χ3n) is 4.64. The van der Waals surface area contributed by atoms with Gasteiger partial charge in [-0.05, 0) is 67.7 Å². The maximum absolute atomic E-state index is 13.2. The molecule has 0 saturated heterocycles. The highest BCUT2D eigenvalue weighted by Crippen LogP contribution is 2.41. The highest BCUT2D eigenvalue weighted by Gasteiger charge is 2.33. The Morgan fingerprint density at radius 3 is 2.61 bits per heavy atom. The molecule has 100 valence electrons. The Balaban J connectivity index is 2.05. The molecule has 0 heterocycles. The summed E-state index contributed by atoms with van der Waals surface area (Å²) in [4.78, 5) is 0. The van der Waals surface area contributed by atoms with Gasteiger partial charge in [0.1, 0.15) is 5.82 Å². The van der Waals surface area contributed by atoms with Crippen molar-refractivity contribution >= 4 is 0 Å². The zero-order chi connectivity index (χ0) is 13.0. The van der Waals surface area contributed by atoms with Gasteiger partial charge in [-0.2, -0.15) is 0 Å². The van der Waals surface area contributed by atoms with Crippen LogP contribution in [0.3, 0.4) is 0 Å². The standard InChI is InChI=1S/C16H24FN/c1-2-13-6-8-16(12-18,9-7-13)11-14-4-3-5-15(17)10-14/h3-5,10,13H,2,6-9,11-12,18H2,1H3. The van der Waals surface area contributed by atoms with Crippen LogP contribution in [0, 0.1) is 17.2 Å². The molecule has 18 heavy (non-hydrogen) atoms. The van der Waals surface area contributed by atoms with Crippen molar-refractivity contribution in [3.8, 4) is 0 Å². The molecule has 0 aliphatic heterocycles. The minimum Gasteiger partial charge on any atom is -0.330 e. The van der Waals surface area contributed by atoms with Gasteiger partial charge in [-0.15, -0.1) is 0 Å². The smallest absolute Gasteiger partial charge is 0.123 e.